The smallest absolute Gasteiger partial charge is 0.203 e. The summed E-state index contributed by atoms with van der Waals surface area (Å²) in [4.78, 5) is 8.14. The van der Waals surface area contributed by atoms with Gasteiger partial charge < -0.3 is 10.2 Å². The largest absolute Gasteiger partial charge is 0.330 e. The van der Waals surface area contributed by atoms with E-state index in [-0.39, 0.29) is 0 Å². The van der Waals surface area contributed by atoms with E-state index in [2.05, 4.69) is 16.3 Å². The van der Waals surface area contributed by atoms with Gasteiger partial charge in [-0.2, -0.15) is 0 Å². The number of guanidine groups is 1. The van der Waals surface area contributed by atoms with Crippen LogP contribution in [-0.2, 0) is 0 Å². The van der Waals surface area contributed by atoms with Crippen molar-refractivity contribution >= 4 is 5.96 Å². The Morgan fingerprint density at radius 3 is 2.41 bits per heavy atom. The molecule has 29 heavy (non-hydrogen) atoms. The third kappa shape index (κ3) is 4.16. The topological polar surface area (TPSA) is 27.6 Å². The zero-order chi connectivity index (χ0) is 19.5. The lowest BCUT2D eigenvalue weighted by Crippen LogP contribution is -2.44. The van der Waals surface area contributed by atoms with Crippen LogP contribution in [0.15, 0.2) is 28.0 Å². The minimum atomic E-state index is 0.510. The predicted octanol–water partition coefficient (Wildman–Crippen LogP) is 6.82. The summed E-state index contributed by atoms with van der Waals surface area (Å²) < 4.78 is 0. The standard InChI is InChI=1S/C26H41N3/c1-2-4-13-19-25-23(17-10-3-1)28-26-27-22-16-11-7-9-14-20(22)21-15-8-5-6-12-18-24(21)29(25)26/h18,21,23,25H,1-17,19H2,(H,27,28). The Morgan fingerprint density at radius 1 is 0.759 bits per heavy atom. The van der Waals surface area contributed by atoms with E-state index in [0.29, 0.717) is 18.0 Å². The van der Waals surface area contributed by atoms with Crippen molar-refractivity contribution in [3.8, 4) is 0 Å². The average molecular weight is 396 g/mol. The van der Waals surface area contributed by atoms with Crippen LogP contribution in [0.5, 0.6) is 0 Å². The van der Waals surface area contributed by atoms with Gasteiger partial charge in [0.2, 0.25) is 5.96 Å². The second-order valence-corrected chi connectivity index (χ2v) is 10.2. The molecule has 3 heteroatoms. The van der Waals surface area contributed by atoms with Gasteiger partial charge in [-0.3, -0.25) is 0 Å². The van der Waals surface area contributed by atoms with E-state index in [1.807, 2.05) is 0 Å². The Balaban J connectivity index is 1.53. The first kappa shape index (κ1) is 19.7. The molecule has 0 spiro atoms. The summed E-state index contributed by atoms with van der Waals surface area (Å²) in [7, 11) is 0. The summed E-state index contributed by atoms with van der Waals surface area (Å²) in [6.07, 6.45) is 27.1. The molecule has 1 saturated carbocycles. The first-order valence-electron chi connectivity index (χ1n) is 13.0. The maximum Gasteiger partial charge on any atom is 0.203 e. The molecule has 2 aliphatic heterocycles. The van der Waals surface area contributed by atoms with Crippen molar-refractivity contribution in [2.24, 2.45) is 10.9 Å². The maximum atomic E-state index is 5.39. The van der Waals surface area contributed by atoms with Gasteiger partial charge in [0.25, 0.3) is 0 Å². The molecular formula is C26H41N3. The fourth-order valence-electron chi connectivity index (χ4n) is 6.63. The van der Waals surface area contributed by atoms with E-state index < -0.39 is 0 Å². The van der Waals surface area contributed by atoms with Crippen LogP contribution in [0.3, 0.4) is 0 Å². The molecule has 3 nitrogen and oxygen atoms in total. The van der Waals surface area contributed by atoms with E-state index in [4.69, 9.17) is 4.99 Å². The highest BCUT2D eigenvalue weighted by atomic mass is 15.4. The summed E-state index contributed by atoms with van der Waals surface area (Å²) in [5, 5.41) is 3.96. The van der Waals surface area contributed by atoms with Crippen molar-refractivity contribution in [3.63, 3.8) is 0 Å². The molecule has 2 heterocycles. The number of allylic oxidation sites excluding steroid dienone is 3. The van der Waals surface area contributed by atoms with Gasteiger partial charge in [0, 0.05) is 17.3 Å². The molecule has 3 aliphatic carbocycles. The van der Waals surface area contributed by atoms with Gasteiger partial charge in [-0.15, -0.1) is 0 Å². The average Bonchev–Trinajstić information content (AvgIpc) is 2.83. The minimum Gasteiger partial charge on any atom is -0.330 e. The van der Waals surface area contributed by atoms with Crippen LogP contribution in [0, 0.1) is 5.92 Å². The lowest BCUT2D eigenvalue weighted by atomic mass is 9.83. The van der Waals surface area contributed by atoms with E-state index in [9.17, 15) is 0 Å². The Hall–Kier alpha value is -1.25. The van der Waals surface area contributed by atoms with Crippen LogP contribution in [0.2, 0.25) is 0 Å². The summed E-state index contributed by atoms with van der Waals surface area (Å²) in [5.41, 5.74) is 4.96. The number of nitrogens with zero attached hydrogens (tertiary/aromatic N) is 2. The second-order valence-electron chi connectivity index (χ2n) is 10.2. The van der Waals surface area contributed by atoms with Crippen LogP contribution < -0.4 is 5.32 Å². The molecular weight excluding hydrogens is 354 g/mol. The van der Waals surface area contributed by atoms with Gasteiger partial charge in [-0.25, -0.2) is 4.99 Å². The van der Waals surface area contributed by atoms with Crippen molar-refractivity contribution in [2.45, 2.75) is 128 Å². The Bertz CT molecular complexity index is 673. The molecule has 5 aliphatic rings. The number of fused-ring (bicyclic) bond motifs is 6. The van der Waals surface area contributed by atoms with Crippen LogP contribution in [0.25, 0.3) is 0 Å². The monoisotopic (exact) mass is 395 g/mol. The van der Waals surface area contributed by atoms with Crippen molar-refractivity contribution in [1.29, 1.82) is 0 Å². The molecule has 160 valence electrons. The second kappa shape index (κ2) is 9.27. The van der Waals surface area contributed by atoms with Gasteiger partial charge in [-0.05, 0) is 63.4 Å². The third-order valence-electron chi connectivity index (χ3n) is 8.17. The Kier molecular flexibility index (Phi) is 6.29. The molecule has 1 fully saturated rings. The summed E-state index contributed by atoms with van der Waals surface area (Å²) in [5.74, 6) is 1.88. The van der Waals surface area contributed by atoms with E-state index >= 15 is 0 Å². The van der Waals surface area contributed by atoms with Crippen LogP contribution in [0.1, 0.15) is 116 Å². The van der Waals surface area contributed by atoms with Gasteiger partial charge in [-0.1, -0.05) is 63.9 Å². The number of rotatable bonds is 0. The first-order chi connectivity index (χ1) is 14.4. The molecule has 1 N–H and O–H groups in total. The van der Waals surface area contributed by atoms with Crippen molar-refractivity contribution in [2.75, 3.05) is 0 Å². The van der Waals surface area contributed by atoms with Gasteiger partial charge in [0.05, 0.1) is 12.1 Å². The third-order valence-corrected chi connectivity index (χ3v) is 8.17. The van der Waals surface area contributed by atoms with Crippen LogP contribution >= 0.6 is 0 Å². The Morgan fingerprint density at radius 2 is 1.48 bits per heavy atom. The van der Waals surface area contributed by atoms with Crippen molar-refractivity contribution < 1.29 is 0 Å². The highest BCUT2D eigenvalue weighted by Gasteiger charge is 2.42. The fraction of sp³-hybridized carbons (Fsp3) is 0.808. The predicted molar refractivity (Wildman–Crippen MR) is 122 cm³/mol. The number of aliphatic imine (C=N–C) groups is 1. The molecule has 0 bridgehead atoms. The lowest BCUT2D eigenvalue weighted by Gasteiger charge is -2.36. The molecule has 3 atom stereocenters. The van der Waals surface area contributed by atoms with E-state index in [0.717, 1.165) is 0 Å². The summed E-state index contributed by atoms with van der Waals surface area (Å²) >= 11 is 0. The molecule has 5 rings (SSSR count). The quantitative estimate of drug-likeness (QED) is 0.487. The van der Waals surface area contributed by atoms with E-state index in [1.54, 1.807) is 17.0 Å². The minimum absolute atomic E-state index is 0.510. The van der Waals surface area contributed by atoms with Crippen molar-refractivity contribution in [3.05, 3.63) is 23.0 Å². The Labute approximate surface area is 178 Å². The normalized spacial score (nSPS) is 33.9. The van der Waals surface area contributed by atoms with Gasteiger partial charge in [0.1, 0.15) is 0 Å². The number of hydrogen-bond donors (Lipinski definition) is 1. The van der Waals surface area contributed by atoms with Crippen LogP contribution in [0.4, 0.5) is 0 Å². The van der Waals surface area contributed by atoms with Gasteiger partial charge in [0.15, 0.2) is 0 Å². The molecule has 0 aromatic carbocycles. The first-order valence-corrected chi connectivity index (χ1v) is 13.0. The fourth-order valence-corrected chi connectivity index (χ4v) is 6.63. The zero-order valence-electron chi connectivity index (χ0n) is 18.4. The maximum absolute atomic E-state index is 5.39. The van der Waals surface area contributed by atoms with Crippen molar-refractivity contribution in [1.82, 2.24) is 10.2 Å². The zero-order valence-corrected chi connectivity index (χ0v) is 18.4. The molecule has 0 radical (unpaired) electrons. The van der Waals surface area contributed by atoms with E-state index in [1.165, 1.54) is 122 Å². The number of hydrogen-bond acceptors (Lipinski definition) is 3. The molecule has 0 saturated heterocycles. The van der Waals surface area contributed by atoms with Crippen LogP contribution in [-0.4, -0.2) is 22.9 Å². The molecule has 0 aromatic heterocycles. The highest BCUT2D eigenvalue weighted by molar-refractivity contribution is 5.87. The molecule has 3 unspecified atom stereocenters. The highest BCUT2D eigenvalue weighted by Crippen LogP contribution is 2.43. The lowest BCUT2D eigenvalue weighted by molar-refractivity contribution is 0.281. The molecule has 0 amide bonds. The summed E-state index contributed by atoms with van der Waals surface area (Å²) in [6.45, 7) is 0. The number of nitrogens with one attached hydrogen (secondary N) is 1. The summed E-state index contributed by atoms with van der Waals surface area (Å²) in [6, 6.07) is 1.11. The molecule has 0 aromatic rings. The van der Waals surface area contributed by atoms with Gasteiger partial charge >= 0.3 is 0 Å². The SMILES string of the molecule is C1=C2C(CCCCC1)C1=C(CCCCC1)NC1=NC3CCCCCCCCC3N21.